The quantitative estimate of drug-likeness (QED) is 0.295. The number of carbonyl (C=O) groups is 1. The first-order valence-electron chi connectivity index (χ1n) is 10.8. The molecule has 34 heavy (non-hydrogen) atoms. The number of amides is 1. The molecule has 5 rings (SSSR count). The third kappa shape index (κ3) is 4.61. The Morgan fingerprint density at radius 2 is 1.76 bits per heavy atom. The van der Waals surface area contributed by atoms with Crippen LogP contribution in [0.1, 0.15) is 21.5 Å². The minimum atomic E-state index is -0.278. The average molecular weight is 450 g/mol. The summed E-state index contributed by atoms with van der Waals surface area (Å²) in [5.41, 5.74) is 4.87. The summed E-state index contributed by atoms with van der Waals surface area (Å²) in [4.78, 5) is 17.2. The number of rotatable bonds is 6. The fourth-order valence-corrected chi connectivity index (χ4v) is 3.58. The van der Waals surface area contributed by atoms with Gasteiger partial charge in [0.2, 0.25) is 5.89 Å². The van der Waals surface area contributed by atoms with E-state index in [2.05, 4.69) is 10.3 Å². The summed E-state index contributed by atoms with van der Waals surface area (Å²) in [7, 11) is 0. The Morgan fingerprint density at radius 3 is 2.56 bits per heavy atom. The second-order valence-electron chi connectivity index (χ2n) is 7.97. The third-order valence-corrected chi connectivity index (χ3v) is 5.39. The summed E-state index contributed by atoms with van der Waals surface area (Å²) in [6, 6.07) is 27.3. The molecule has 1 aromatic heterocycles. The largest absolute Gasteiger partial charge is 0.507 e. The number of benzene rings is 4. The molecule has 0 saturated carbocycles. The number of fused-ring (bicyclic) bond motifs is 1. The van der Waals surface area contributed by atoms with Crippen LogP contribution < -0.4 is 10.1 Å². The summed E-state index contributed by atoms with van der Waals surface area (Å²) in [6.45, 7) is 2.43. The van der Waals surface area contributed by atoms with Crippen LogP contribution in [-0.4, -0.2) is 16.0 Å². The highest BCUT2D eigenvalue weighted by molar-refractivity contribution is 6.04. The van der Waals surface area contributed by atoms with Crippen LogP contribution in [-0.2, 0) is 6.61 Å². The summed E-state index contributed by atoms with van der Waals surface area (Å²) in [5, 5.41) is 13.2. The molecule has 4 aromatic carbocycles. The number of nitrogens with one attached hydrogen (secondary N) is 1. The summed E-state index contributed by atoms with van der Waals surface area (Å²) >= 11 is 0. The number of aromatic hydroxyl groups is 1. The number of carbonyl (C=O) groups excluding carboxylic acids is 1. The molecule has 1 heterocycles. The van der Waals surface area contributed by atoms with E-state index in [4.69, 9.17) is 9.15 Å². The molecule has 0 spiro atoms. The smallest absolute Gasteiger partial charge is 0.255 e. The Morgan fingerprint density at radius 1 is 0.971 bits per heavy atom. The Bertz CT molecular complexity index is 1460. The average Bonchev–Trinajstić information content (AvgIpc) is 3.28. The second kappa shape index (κ2) is 9.11. The molecule has 0 unspecified atom stereocenters. The van der Waals surface area contributed by atoms with Gasteiger partial charge < -0.3 is 19.6 Å². The topological polar surface area (TPSA) is 84.6 Å². The van der Waals surface area contributed by atoms with E-state index in [9.17, 15) is 9.90 Å². The molecule has 1 amide bonds. The van der Waals surface area contributed by atoms with Crippen LogP contribution in [0.25, 0.3) is 22.6 Å². The number of phenols is 1. The third-order valence-electron chi connectivity index (χ3n) is 5.39. The molecule has 0 aliphatic rings. The zero-order valence-corrected chi connectivity index (χ0v) is 18.5. The first kappa shape index (κ1) is 21.3. The Hall–Kier alpha value is -4.58. The van der Waals surface area contributed by atoms with Gasteiger partial charge in [-0.2, -0.15) is 0 Å². The van der Waals surface area contributed by atoms with Crippen molar-refractivity contribution in [2.24, 2.45) is 0 Å². The van der Waals surface area contributed by atoms with Crippen LogP contribution in [0.5, 0.6) is 11.5 Å². The fourth-order valence-electron chi connectivity index (χ4n) is 3.58. The van der Waals surface area contributed by atoms with E-state index >= 15 is 0 Å². The number of hydrogen-bond donors (Lipinski definition) is 2. The number of oxazole rings is 1. The first-order chi connectivity index (χ1) is 16.5. The van der Waals surface area contributed by atoms with Gasteiger partial charge in [-0.05, 0) is 72.6 Å². The number of phenolic OH excluding ortho intramolecular Hbond substituents is 1. The maximum absolute atomic E-state index is 12.8. The lowest BCUT2D eigenvalue weighted by Gasteiger charge is -2.09. The molecule has 0 saturated heterocycles. The normalized spacial score (nSPS) is 10.9. The predicted molar refractivity (Wildman–Crippen MR) is 131 cm³/mol. The van der Waals surface area contributed by atoms with Crippen molar-refractivity contribution >= 4 is 22.7 Å². The molecule has 0 radical (unpaired) electrons. The molecule has 6 heteroatoms. The summed E-state index contributed by atoms with van der Waals surface area (Å²) < 4.78 is 11.6. The first-order valence-corrected chi connectivity index (χ1v) is 10.8. The molecule has 0 aliphatic heterocycles. The van der Waals surface area contributed by atoms with Crippen molar-refractivity contribution in [1.82, 2.24) is 4.98 Å². The zero-order chi connectivity index (χ0) is 23.5. The van der Waals surface area contributed by atoms with E-state index in [1.807, 2.05) is 55.5 Å². The van der Waals surface area contributed by atoms with Crippen molar-refractivity contribution in [3.8, 4) is 23.0 Å². The van der Waals surface area contributed by atoms with Gasteiger partial charge in [0.05, 0.1) is 5.56 Å². The summed E-state index contributed by atoms with van der Waals surface area (Å²) in [6.07, 6.45) is 0. The van der Waals surface area contributed by atoms with E-state index in [-0.39, 0.29) is 17.5 Å². The minimum Gasteiger partial charge on any atom is -0.507 e. The van der Waals surface area contributed by atoms with E-state index in [0.717, 1.165) is 11.1 Å². The number of ether oxygens (including phenoxy) is 1. The molecular weight excluding hydrogens is 428 g/mol. The molecular formula is C28H22N2O4. The van der Waals surface area contributed by atoms with Gasteiger partial charge >= 0.3 is 0 Å². The van der Waals surface area contributed by atoms with Crippen molar-refractivity contribution in [3.05, 3.63) is 108 Å². The van der Waals surface area contributed by atoms with Gasteiger partial charge in [0.25, 0.3) is 5.91 Å². The minimum absolute atomic E-state index is 0.0150. The molecule has 0 aliphatic carbocycles. The Kier molecular flexibility index (Phi) is 5.70. The lowest BCUT2D eigenvalue weighted by molar-refractivity contribution is 0.102. The van der Waals surface area contributed by atoms with Gasteiger partial charge in [-0.3, -0.25) is 4.79 Å². The van der Waals surface area contributed by atoms with E-state index < -0.39 is 0 Å². The van der Waals surface area contributed by atoms with Crippen LogP contribution in [0.4, 0.5) is 5.69 Å². The number of nitrogens with zero attached hydrogens (tertiary/aromatic N) is 1. The zero-order valence-electron chi connectivity index (χ0n) is 18.5. The van der Waals surface area contributed by atoms with Gasteiger partial charge in [-0.15, -0.1) is 0 Å². The lowest BCUT2D eigenvalue weighted by atomic mass is 10.1. The van der Waals surface area contributed by atoms with Crippen LogP contribution in [0, 0.1) is 6.92 Å². The highest BCUT2D eigenvalue weighted by atomic mass is 16.5. The van der Waals surface area contributed by atoms with E-state index in [0.29, 0.717) is 40.3 Å². The number of aromatic nitrogens is 1. The highest BCUT2D eigenvalue weighted by Crippen LogP contribution is 2.33. The maximum Gasteiger partial charge on any atom is 0.255 e. The van der Waals surface area contributed by atoms with Crippen molar-refractivity contribution in [2.75, 3.05) is 5.32 Å². The van der Waals surface area contributed by atoms with Crippen LogP contribution in [0.3, 0.4) is 0 Å². The van der Waals surface area contributed by atoms with Crippen molar-refractivity contribution in [2.45, 2.75) is 13.5 Å². The second-order valence-corrected chi connectivity index (χ2v) is 7.97. The molecule has 6 nitrogen and oxygen atoms in total. The Balaban J connectivity index is 1.29. The number of anilines is 1. The van der Waals surface area contributed by atoms with Crippen LogP contribution >= 0.6 is 0 Å². The van der Waals surface area contributed by atoms with Crippen LogP contribution in [0.2, 0.25) is 0 Å². The maximum atomic E-state index is 12.8. The lowest BCUT2D eigenvalue weighted by Crippen LogP contribution is -2.11. The molecule has 0 fully saturated rings. The fraction of sp³-hybridized carbons (Fsp3) is 0.0714. The highest BCUT2D eigenvalue weighted by Gasteiger charge is 2.15. The molecule has 2 N–H and O–H groups in total. The van der Waals surface area contributed by atoms with Gasteiger partial charge in [-0.25, -0.2) is 4.98 Å². The van der Waals surface area contributed by atoms with Gasteiger partial charge in [0, 0.05) is 11.3 Å². The monoisotopic (exact) mass is 450 g/mol. The molecule has 168 valence electrons. The van der Waals surface area contributed by atoms with Crippen molar-refractivity contribution in [1.29, 1.82) is 0 Å². The SMILES string of the molecule is Cc1ccc2oc(-c3cc(NC(=O)c4ccc(OCc5ccccc5)cc4)ccc3O)nc2c1. The molecule has 5 aromatic rings. The number of hydrogen-bond acceptors (Lipinski definition) is 5. The van der Waals surface area contributed by atoms with E-state index in [1.54, 1.807) is 36.4 Å². The summed E-state index contributed by atoms with van der Waals surface area (Å²) in [5.74, 6) is 0.702. The van der Waals surface area contributed by atoms with Gasteiger partial charge in [-0.1, -0.05) is 36.4 Å². The van der Waals surface area contributed by atoms with Crippen molar-refractivity contribution in [3.63, 3.8) is 0 Å². The number of aryl methyl sites for hydroxylation is 1. The Labute approximate surface area is 196 Å². The van der Waals surface area contributed by atoms with Gasteiger partial charge in [0.15, 0.2) is 5.58 Å². The predicted octanol–water partition coefficient (Wildman–Crippen LogP) is 6.34. The molecule has 0 atom stereocenters. The van der Waals surface area contributed by atoms with E-state index in [1.165, 1.54) is 6.07 Å². The van der Waals surface area contributed by atoms with Crippen molar-refractivity contribution < 1.29 is 19.1 Å². The molecule has 0 bridgehead atoms. The van der Waals surface area contributed by atoms with Crippen LogP contribution in [0.15, 0.2) is 95.4 Å². The van der Waals surface area contributed by atoms with Gasteiger partial charge in [0.1, 0.15) is 23.6 Å². The standard InChI is InChI=1S/C28H22N2O4/c1-18-7-14-26-24(15-18)30-28(34-26)23-16-21(10-13-25(23)31)29-27(32)20-8-11-22(12-9-20)33-17-19-5-3-2-4-6-19/h2-16,31H,17H2,1H3,(H,29,32).